The molecule has 6 nitrogen and oxygen atoms in total. The number of benzene rings is 1. The fourth-order valence-corrected chi connectivity index (χ4v) is 2.36. The maximum absolute atomic E-state index is 5.52. The van der Waals surface area contributed by atoms with Gasteiger partial charge >= 0.3 is 0 Å². The molecule has 0 bridgehead atoms. The van der Waals surface area contributed by atoms with Gasteiger partial charge in [0.15, 0.2) is 5.96 Å². The van der Waals surface area contributed by atoms with Crippen LogP contribution < -0.4 is 15.4 Å². The summed E-state index contributed by atoms with van der Waals surface area (Å²) in [5, 5.41) is 6.66. The molecule has 1 aromatic carbocycles. The van der Waals surface area contributed by atoms with Gasteiger partial charge in [0.25, 0.3) is 0 Å². The fourth-order valence-electron chi connectivity index (χ4n) is 2.36. The quantitative estimate of drug-likeness (QED) is 0.602. The third-order valence-corrected chi connectivity index (χ3v) is 3.80. The lowest BCUT2D eigenvalue weighted by Gasteiger charge is -2.23. The average molecular weight is 330 g/mol. The molecule has 0 saturated carbocycles. The Morgan fingerprint density at radius 1 is 1.21 bits per heavy atom. The Morgan fingerprint density at radius 2 is 1.96 bits per heavy atom. The molecular weight excluding hydrogens is 304 g/mol. The predicted octanol–water partition coefficient (Wildman–Crippen LogP) is 2.26. The molecule has 0 aliphatic heterocycles. The van der Waals surface area contributed by atoms with Gasteiger partial charge < -0.3 is 19.8 Å². The SMILES string of the molecule is CN=C(NCc1ccc(OC)cc1)NCC(c1ccco1)N(C)C. The summed E-state index contributed by atoms with van der Waals surface area (Å²) in [5.41, 5.74) is 1.16. The van der Waals surface area contributed by atoms with Gasteiger partial charge in [0.05, 0.1) is 19.4 Å². The zero-order valence-corrected chi connectivity index (χ0v) is 14.7. The molecule has 0 aliphatic carbocycles. The van der Waals surface area contributed by atoms with Crippen molar-refractivity contribution in [2.45, 2.75) is 12.6 Å². The number of methoxy groups -OCH3 is 1. The van der Waals surface area contributed by atoms with Crippen molar-refractivity contribution in [1.29, 1.82) is 0 Å². The fraction of sp³-hybridized carbons (Fsp3) is 0.389. The second kappa shape index (κ2) is 8.98. The minimum Gasteiger partial charge on any atom is -0.497 e. The Balaban J connectivity index is 1.87. The van der Waals surface area contributed by atoms with E-state index in [1.54, 1.807) is 20.4 Å². The largest absolute Gasteiger partial charge is 0.497 e. The van der Waals surface area contributed by atoms with Gasteiger partial charge in [0.1, 0.15) is 11.5 Å². The first kappa shape index (κ1) is 17.9. The molecule has 0 fully saturated rings. The summed E-state index contributed by atoms with van der Waals surface area (Å²) in [5.74, 6) is 2.54. The normalized spacial score (nSPS) is 13.0. The van der Waals surface area contributed by atoms with Crippen LogP contribution in [-0.2, 0) is 6.54 Å². The van der Waals surface area contributed by atoms with Crippen molar-refractivity contribution in [2.24, 2.45) is 4.99 Å². The predicted molar refractivity (Wildman–Crippen MR) is 96.3 cm³/mol. The number of hydrogen-bond acceptors (Lipinski definition) is 4. The van der Waals surface area contributed by atoms with Gasteiger partial charge in [-0.15, -0.1) is 0 Å². The van der Waals surface area contributed by atoms with Crippen molar-refractivity contribution < 1.29 is 9.15 Å². The number of ether oxygens (including phenoxy) is 1. The smallest absolute Gasteiger partial charge is 0.191 e. The lowest BCUT2D eigenvalue weighted by molar-refractivity contribution is 0.258. The number of nitrogens with one attached hydrogen (secondary N) is 2. The van der Waals surface area contributed by atoms with E-state index in [4.69, 9.17) is 9.15 Å². The maximum atomic E-state index is 5.52. The molecule has 24 heavy (non-hydrogen) atoms. The monoisotopic (exact) mass is 330 g/mol. The first-order valence-electron chi connectivity index (χ1n) is 7.91. The van der Waals surface area contributed by atoms with Gasteiger partial charge in [-0.3, -0.25) is 9.89 Å². The number of guanidine groups is 1. The van der Waals surface area contributed by atoms with E-state index in [-0.39, 0.29) is 6.04 Å². The topological polar surface area (TPSA) is 62.0 Å². The van der Waals surface area contributed by atoms with Gasteiger partial charge in [0.2, 0.25) is 0 Å². The van der Waals surface area contributed by atoms with Crippen LogP contribution in [0.5, 0.6) is 5.75 Å². The highest BCUT2D eigenvalue weighted by atomic mass is 16.5. The van der Waals surface area contributed by atoms with E-state index in [1.807, 2.05) is 50.5 Å². The van der Waals surface area contributed by atoms with Gasteiger partial charge in [-0.25, -0.2) is 0 Å². The van der Waals surface area contributed by atoms with Crippen molar-refractivity contribution in [3.63, 3.8) is 0 Å². The number of hydrogen-bond donors (Lipinski definition) is 2. The van der Waals surface area contributed by atoms with E-state index >= 15 is 0 Å². The summed E-state index contributed by atoms with van der Waals surface area (Å²) in [6.07, 6.45) is 1.70. The van der Waals surface area contributed by atoms with Crippen LogP contribution in [0.3, 0.4) is 0 Å². The summed E-state index contributed by atoms with van der Waals surface area (Å²) in [7, 11) is 7.49. The Morgan fingerprint density at radius 3 is 2.50 bits per heavy atom. The Labute approximate surface area is 143 Å². The first-order valence-corrected chi connectivity index (χ1v) is 7.91. The number of aliphatic imine (C=N–C) groups is 1. The highest BCUT2D eigenvalue weighted by molar-refractivity contribution is 5.79. The summed E-state index contributed by atoms with van der Waals surface area (Å²) in [6, 6.07) is 12.0. The van der Waals surface area contributed by atoms with E-state index < -0.39 is 0 Å². The van der Waals surface area contributed by atoms with E-state index in [1.165, 1.54) is 0 Å². The van der Waals surface area contributed by atoms with Crippen LogP contribution in [-0.4, -0.2) is 45.7 Å². The average Bonchev–Trinajstić information content (AvgIpc) is 3.12. The summed E-state index contributed by atoms with van der Waals surface area (Å²) in [6.45, 7) is 1.39. The molecule has 1 atom stereocenters. The lowest BCUT2D eigenvalue weighted by Crippen LogP contribution is -2.41. The second-order valence-corrected chi connectivity index (χ2v) is 5.65. The molecule has 6 heteroatoms. The summed E-state index contributed by atoms with van der Waals surface area (Å²) in [4.78, 5) is 6.38. The maximum Gasteiger partial charge on any atom is 0.191 e. The third kappa shape index (κ3) is 5.03. The van der Waals surface area contributed by atoms with Crippen LogP contribution in [0.4, 0.5) is 0 Å². The highest BCUT2D eigenvalue weighted by Gasteiger charge is 2.17. The highest BCUT2D eigenvalue weighted by Crippen LogP contribution is 2.17. The van der Waals surface area contributed by atoms with Crippen molar-refractivity contribution >= 4 is 5.96 Å². The number of furan rings is 1. The zero-order valence-electron chi connectivity index (χ0n) is 14.7. The Kier molecular flexibility index (Phi) is 6.69. The van der Waals surface area contributed by atoms with Crippen molar-refractivity contribution in [2.75, 3.05) is 34.8 Å². The molecule has 0 saturated heterocycles. The molecule has 0 aliphatic rings. The molecule has 1 heterocycles. The second-order valence-electron chi connectivity index (χ2n) is 5.65. The van der Waals surface area contributed by atoms with Crippen molar-refractivity contribution in [1.82, 2.24) is 15.5 Å². The Bertz CT molecular complexity index is 621. The Hall–Kier alpha value is -2.47. The van der Waals surface area contributed by atoms with Gasteiger partial charge in [0, 0.05) is 20.1 Å². The molecule has 1 unspecified atom stereocenters. The van der Waals surface area contributed by atoms with E-state index in [0.29, 0.717) is 13.1 Å². The van der Waals surface area contributed by atoms with E-state index in [9.17, 15) is 0 Å². The molecule has 2 N–H and O–H groups in total. The number of nitrogens with zero attached hydrogens (tertiary/aromatic N) is 2. The molecule has 130 valence electrons. The first-order chi connectivity index (χ1) is 11.6. The minimum atomic E-state index is 0.138. The van der Waals surface area contributed by atoms with Gasteiger partial charge in [-0.05, 0) is 43.9 Å². The standard InChI is InChI=1S/C18H26N4O2/c1-19-18(20-12-14-7-9-15(23-4)10-8-14)21-13-16(22(2)3)17-6-5-11-24-17/h5-11,16H,12-13H2,1-4H3,(H2,19,20,21). The third-order valence-electron chi connectivity index (χ3n) is 3.80. The van der Waals surface area contributed by atoms with Crippen molar-refractivity contribution in [3.8, 4) is 5.75 Å². The molecule has 0 radical (unpaired) electrons. The van der Waals surface area contributed by atoms with Crippen LogP contribution in [0.25, 0.3) is 0 Å². The molecule has 2 rings (SSSR count). The summed E-state index contributed by atoms with van der Waals surface area (Å²) < 4.78 is 10.7. The lowest BCUT2D eigenvalue weighted by atomic mass is 10.2. The summed E-state index contributed by atoms with van der Waals surface area (Å²) >= 11 is 0. The van der Waals surface area contributed by atoms with Crippen LogP contribution in [0.15, 0.2) is 52.1 Å². The van der Waals surface area contributed by atoms with Crippen LogP contribution >= 0.6 is 0 Å². The van der Waals surface area contributed by atoms with Crippen LogP contribution in [0.1, 0.15) is 17.4 Å². The molecule has 0 amide bonds. The van der Waals surface area contributed by atoms with E-state index in [2.05, 4.69) is 20.5 Å². The van der Waals surface area contributed by atoms with Gasteiger partial charge in [-0.2, -0.15) is 0 Å². The van der Waals surface area contributed by atoms with Crippen molar-refractivity contribution in [3.05, 3.63) is 54.0 Å². The van der Waals surface area contributed by atoms with Crippen LogP contribution in [0.2, 0.25) is 0 Å². The number of likely N-dealkylation sites (N-methyl/N-ethyl adjacent to an activating group) is 1. The van der Waals surface area contributed by atoms with Gasteiger partial charge in [-0.1, -0.05) is 12.1 Å². The molecule has 0 spiro atoms. The molecule has 2 aromatic rings. The zero-order chi connectivity index (χ0) is 17.4. The van der Waals surface area contributed by atoms with Crippen LogP contribution in [0, 0.1) is 0 Å². The number of rotatable bonds is 7. The molecule has 1 aromatic heterocycles. The minimum absolute atomic E-state index is 0.138. The molecular formula is C18H26N4O2. The van der Waals surface area contributed by atoms with E-state index in [0.717, 1.165) is 23.0 Å².